The molecule has 0 bridgehead atoms. The molecule has 4 N–H and O–H groups in total. The number of ketones is 1. The Morgan fingerprint density at radius 2 is 1.83 bits per heavy atom. The molecular formula is C33H29N5O4. The molecule has 4 heterocycles. The van der Waals surface area contributed by atoms with Crippen molar-refractivity contribution in [3.63, 3.8) is 0 Å². The van der Waals surface area contributed by atoms with Crippen molar-refractivity contribution in [1.29, 1.82) is 0 Å². The lowest BCUT2D eigenvalue weighted by molar-refractivity contribution is -0.128. The molecular weight excluding hydrogens is 530 g/mol. The fraction of sp³-hybridized carbons (Fsp3) is 0.242. The highest BCUT2D eigenvalue weighted by molar-refractivity contribution is 6.09. The summed E-state index contributed by atoms with van der Waals surface area (Å²) in [6, 6.07) is 14.8. The molecule has 0 saturated carbocycles. The van der Waals surface area contributed by atoms with Crippen LogP contribution in [0.5, 0.6) is 0 Å². The number of carbonyl (C=O) groups is 2. The summed E-state index contributed by atoms with van der Waals surface area (Å²) in [5.41, 5.74) is 14.1. The average molecular weight is 560 g/mol. The Hall–Kier alpha value is -4.73. The van der Waals surface area contributed by atoms with Crippen LogP contribution in [0.1, 0.15) is 48.6 Å². The number of aryl methyl sites for hydroxylation is 1. The van der Waals surface area contributed by atoms with Gasteiger partial charge in [0, 0.05) is 45.8 Å². The third-order valence-electron chi connectivity index (χ3n) is 8.49. The highest BCUT2D eigenvalue weighted by atomic mass is 16.3. The summed E-state index contributed by atoms with van der Waals surface area (Å²) in [6.45, 7) is 4.13. The van der Waals surface area contributed by atoms with Gasteiger partial charge in [-0.05, 0) is 72.9 Å². The molecule has 0 radical (unpaired) electrons. The zero-order valence-corrected chi connectivity index (χ0v) is 23.3. The number of hydrogen-bond acceptors (Lipinski definition) is 7. The van der Waals surface area contributed by atoms with Gasteiger partial charge in [0.2, 0.25) is 5.91 Å². The lowest BCUT2D eigenvalue weighted by atomic mass is 9.89. The van der Waals surface area contributed by atoms with Crippen LogP contribution in [0.3, 0.4) is 0 Å². The van der Waals surface area contributed by atoms with Crippen LogP contribution in [0.4, 0.5) is 5.69 Å². The van der Waals surface area contributed by atoms with Gasteiger partial charge in [0.05, 0.1) is 35.0 Å². The molecule has 2 aromatic carbocycles. The van der Waals surface area contributed by atoms with Crippen LogP contribution in [-0.4, -0.2) is 37.4 Å². The molecule has 7 rings (SSSR count). The predicted molar refractivity (Wildman–Crippen MR) is 161 cm³/mol. The first-order valence-electron chi connectivity index (χ1n) is 14.1. The first kappa shape index (κ1) is 26.2. The quantitative estimate of drug-likeness (QED) is 0.277. The summed E-state index contributed by atoms with van der Waals surface area (Å²) in [6.07, 6.45) is 1.80. The summed E-state index contributed by atoms with van der Waals surface area (Å²) < 4.78 is 1.73. The molecule has 9 nitrogen and oxygen atoms in total. The molecule has 1 aliphatic carbocycles. The second kappa shape index (κ2) is 9.68. The largest absolute Gasteiger partial charge is 0.381 e. The van der Waals surface area contributed by atoms with Crippen molar-refractivity contribution in [2.45, 2.75) is 51.8 Å². The standard InChI is InChI=1S/C33H29N5O4/c1-3-20-24-15-38-27(13-22-21(33(38)42)8-11-28(39)31(22)40)30(24)37-26-10-9-25-23(29(20)26)12-18(14-35-25)17-4-6-19(7-5-17)36-32(41)16(2)34/h4-7,9-10,12-14,16,31,40H,3,8,11,15,34H2,1-2H3,(H,36,41). The van der Waals surface area contributed by atoms with E-state index < -0.39 is 12.1 Å². The van der Waals surface area contributed by atoms with Crippen molar-refractivity contribution < 1.29 is 14.7 Å². The second-order valence-corrected chi connectivity index (χ2v) is 11.1. The van der Waals surface area contributed by atoms with Gasteiger partial charge in [-0.15, -0.1) is 0 Å². The van der Waals surface area contributed by atoms with E-state index in [1.807, 2.05) is 42.6 Å². The molecule has 3 aromatic heterocycles. The molecule has 42 heavy (non-hydrogen) atoms. The van der Waals surface area contributed by atoms with Crippen LogP contribution in [0, 0.1) is 0 Å². The summed E-state index contributed by atoms with van der Waals surface area (Å²) in [5.74, 6) is -0.506. The number of nitrogens with two attached hydrogens (primary N) is 1. The molecule has 9 heteroatoms. The summed E-state index contributed by atoms with van der Waals surface area (Å²) in [4.78, 5) is 47.5. The van der Waals surface area contributed by atoms with Gasteiger partial charge < -0.3 is 20.7 Å². The number of amides is 1. The van der Waals surface area contributed by atoms with Gasteiger partial charge in [-0.25, -0.2) is 4.98 Å². The Bertz CT molecular complexity index is 2030. The number of nitrogens with one attached hydrogen (secondary N) is 1. The van der Waals surface area contributed by atoms with Crippen molar-refractivity contribution >= 4 is 39.2 Å². The Morgan fingerprint density at radius 1 is 1.07 bits per heavy atom. The molecule has 210 valence electrons. The van der Waals surface area contributed by atoms with E-state index in [9.17, 15) is 19.5 Å². The maximum atomic E-state index is 13.5. The van der Waals surface area contributed by atoms with Crippen LogP contribution in [0.2, 0.25) is 0 Å². The van der Waals surface area contributed by atoms with Gasteiger partial charge in [0.1, 0.15) is 6.10 Å². The van der Waals surface area contributed by atoms with E-state index >= 15 is 0 Å². The number of benzene rings is 2. The zero-order valence-electron chi connectivity index (χ0n) is 23.3. The maximum Gasteiger partial charge on any atom is 0.254 e. The number of fused-ring (bicyclic) bond motifs is 7. The summed E-state index contributed by atoms with van der Waals surface area (Å²) in [5, 5.41) is 15.3. The third-order valence-corrected chi connectivity index (χ3v) is 8.49. The van der Waals surface area contributed by atoms with Gasteiger partial charge in [0.25, 0.3) is 5.56 Å². The fourth-order valence-corrected chi connectivity index (χ4v) is 6.28. The maximum absolute atomic E-state index is 13.5. The first-order chi connectivity index (χ1) is 20.2. The van der Waals surface area contributed by atoms with Crippen molar-refractivity contribution in [3.05, 3.63) is 87.3 Å². The number of nitrogens with zero attached hydrogens (tertiary/aromatic N) is 3. The monoisotopic (exact) mass is 559 g/mol. The summed E-state index contributed by atoms with van der Waals surface area (Å²) in [7, 11) is 0. The van der Waals surface area contributed by atoms with E-state index in [0.717, 1.165) is 56.2 Å². The van der Waals surface area contributed by atoms with E-state index in [4.69, 9.17) is 15.7 Å². The van der Waals surface area contributed by atoms with Gasteiger partial charge in [-0.3, -0.25) is 19.4 Å². The Balaban J connectivity index is 1.37. The number of Topliss-reactive ketones (excluding diaryl/α,β-unsaturated/α-hetero) is 1. The van der Waals surface area contributed by atoms with Crippen LogP contribution < -0.4 is 16.6 Å². The highest BCUT2D eigenvalue weighted by Crippen LogP contribution is 2.40. The number of rotatable bonds is 4. The minimum absolute atomic E-state index is 0.160. The Labute approximate surface area is 241 Å². The second-order valence-electron chi connectivity index (χ2n) is 11.1. The number of aliphatic hydroxyl groups excluding tert-OH is 1. The first-order valence-corrected chi connectivity index (χ1v) is 14.1. The van der Waals surface area contributed by atoms with Gasteiger partial charge >= 0.3 is 0 Å². The van der Waals surface area contributed by atoms with Crippen LogP contribution in [0.15, 0.2) is 59.5 Å². The molecule has 1 aliphatic heterocycles. The number of carbonyl (C=O) groups excluding carboxylic acids is 2. The average Bonchev–Trinajstić information content (AvgIpc) is 3.36. The van der Waals surface area contributed by atoms with E-state index in [-0.39, 0.29) is 23.7 Å². The number of pyridine rings is 3. The van der Waals surface area contributed by atoms with E-state index in [1.165, 1.54) is 0 Å². The van der Waals surface area contributed by atoms with Crippen LogP contribution >= 0.6 is 0 Å². The lowest BCUT2D eigenvalue weighted by Crippen LogP contribution is -2.32. The number of aromatic nitrogens is 3. The lowest BCUT2D eigenvalue weighted by Gasteiger charge is -2.21. The van der Waals surface area contributed by atoms with E-state index in [1.54, 1.807) is 17.6 Å². The molecule has 1 amide bonds. The fourth-order valence-electron chi connectivity index (χ4n) is 6.28. The number of anilines is 1. The molecule has 2 unspecified atom stereocenters. The molecule has 0 saturated heterocycles. The SMILES string of the molecule is CCc1c2c(nc3ccc4ncc(-c5ccc(NC(=O)C(C)N)cc5)cc4c13)-c1cc3c(c(=O)n1C2)CCC(=O)C3O. The predicted octanol–water partition coefficient (Wildman–Crippen LogP) is 4.04. The van der Waals surface area contributed by atoms with Crippen molar-refractivity contribution in [1.82, 2.24) is 14.5 Å². The molecule has 2 aliphatic rings. The van der Waals surface area contributed by atoms with Crippen molar-refractivity contribution in [2.24, 2.45) is 5.73 Å². The van der Waals surface area contributed by atoms with Crippen LogP contribution in [-0.2, 0) is 29.0 Å². The molecule has 5 aromatic rings. The highest BCUT2D eigenvalue weighted by Gasteiger charge is 2.33. The third kappa shape index (κ3) is 3.96. The van der Waals surface area contributed by atoms with Crippen molar-refractivity contribution in [3.8, 4) is 22.5 Å². The molecule has 0 spiro atoms. The number of aliphatic hydroxyl groups is 1. The normalized spacial score (nSPS) is 16.3. The van der Waals surface area contributed by atoms with Gasteiger partial charge in [0.15, 0.2) is 5.78 Å². The van der Waals surface area contributed by atoms with Gasteiger partial charge in [-0.1, -0.05) is 19.1 Å². The van der Waals surface area contributed by atoms with E-state index in [0.29, 0.717) is 35.5 Å². The molecule has 2 atom stereocenters. The summed E-state index contributed by atoms with van der Waals surface area (Å²) >= 11 is 0. The smallest absolute Gasteiger partial charge is 0.254 e. The number of hydrogen-bond donors (Lipinski definition) is 3. The minimum Gasteiger partial charge on any atom is -0.381 e. The molecule has 0 fully saturated rings. The topological polar surface area (TPSA) is 140 Å². The minimum atomic E-state index is -1.27. The van der Waals surface area contributed by atoms with Crippen LogP contribution in [0.25, 0.3) is 44.3 Å². The zero-order chi connectivity index (χ0) is 29.3. The van der Waals surface area contributed by atoms with E-state index in [2.05, 4.69) is 18.3 Å². The Kier molecular flexibility index (Phi) is 6.04. The Morgan fingerprint density at radius 3 is 2.57 bits per heavy atom. The van der Waals surface area contributed by atoms with Crippen molar-refractivity contribution in [2.75, 3.05) is 5.32 Å². The van der Waals surface area contributed by atoms with Gasteiger partial charge in [-0.2, -0.15) is 0 Å².